The zero-order valence-corrected chi connectivity index (χ0v) is 13.3. The largest absolute Gasteiger partial charge is 0.342 e. The van der Waals surface area contributed by atoms with Crippen LogP contribution in [0.2, 0.25) is 0 Å². The summed E-state index contributed by atoms with van der Waals surface area (Å²) in [6, 6.07) is 8.17. The number of hydrazine groups is 1. The molecule has 2 saturated heterocycles. The number of carbonyl (C=O) groups is 1. The summed E-state index contributed by atoms with van der Waals surface area (Å²) in [6.07, 6.45) is 2.20. The second-order valence-electron chi connectivity index (χ2n) is 6.46. The third-order valence-corrected chi connectivity index (χ3v) is 4.79. The van der Waals surface area contributed by atoms with Crippen LogP contribution in [0.15, 0.2) is 24.3 Å². The Hall–Kier alpha value is -1.43. The van der Waals surface area contributed by atoms with E-state index in [0.29, 0.717) is 11.8 Å². The quantitative estimate of drug-likeness (QED) is 0.758. The minimum atomic E-state index is 0.131. The Morgan fingerprint density at radius 1 is 1.27 bits per heavy atom. The molecule has 2 fully saturated rings. The van der Waals surface area contributed by atoms with Gasteiger partial charge in [-0.3, -0.25) is 15.6 Å². The first-order valence-corrected chi connectivity index (χ1v) is 8.26. The van der Waals surface area contributed by atoms with Crippen LogP contribution < -0.4 is 16.2 Å². The molecule has 1 amide bonds. The highest BCUT2D eigenvalue weighted by Crippen LogP contribution is 2.23. The molecule has 0 aromatic heterocycles. The standard InChI is InChI=1S/C17H26N4O/c1-21(8-6-13-10-19-20-11-13)17(22)15-4-2-3-14(9-15)16-5-7-18-12-16/h2-4,9,13,16,18-20H,5-8,10-12H2,1H3. The summed E-state index contributed by atoms with van der Waals surface area (Å²) in [4.78, 5) is 14.4. The molecular formula is C17H26N4O. The molecule has 0 bridgehead atoms. The fourth-order valence-corrected chi connectivity index (χ4v) is 3.27. The highest BCUT2D eigenvalue weighted by Gasteiger charge is 2.20. The Morgan fingerprint density at radius 2 is 2.09 bits per heavy atom. The summed E-state index contributed by atoms with van der Waals surface area (Å²) in [6.45, 7) is 4.89. The van der Waals surface area contributed by atoms with Crippen LogP contribution in [0.3, 0.4) is 0 Å². The lowest BCUT2D eigenvalue weighted by atomic mass is 9.96. The average Bonchev–Trinajstić information content (AvgIpc) is 3.25. The van der Waals surface area contributed by atoms with Crippen LogP contribution in [0.4, 0.5) is 0 Å². The monoisotopic (exact) mass is 302 g/mol. The van der Waals surface area contributed by atoms with E-state index < -0.39 is 0 Å². The van der Waals surface area contributed by atoms with Crippen molar-refractivity contribution in [2.75, 3.05) is 39.8 Å². The van der Waals surface area contributed by atoms with Crippen molar-refractivity contribution in [2.24, 2.45) is 5.92 Å². The summed E-state index contributed by atoms with van der Waals surface area (Å²) in [5.41, 5.74) is 8.37. The summed E-state index contributed by atoms with van der Waals surface area (Å²) >= 11 is 0. The van der Waals surface area contributed by atoms with E-state index in [1.165, 1.54) is 5.56 Å². The molecule has 0 spiro atoms. The lowest BCUT2D eigenvalue weighted by molar-refractivity contribution is 0.0788. The molecule has 2 aliphatic heterocycles. The zero-order valence-electron chi connectivity index (χ0n) is 13.3. The van der Waals surface area contributed by atoms with E-state index >= 15 is 0 Å². The van der Waals surface area contributed by atoms with Crippen LogP contribution in [-0.2, 0) is 0 Å². The molecule has 0 radical (unpaired) electrons. The molecule has 0 aliphatic carbocycles. The average molecular weight is 302 g/mol. The fourth-order valence-electron chi connectivity index (χ4n) is 3.27. The summed E-state index contributed by atoms with van der Waals surface area (Å²) in [5, 5.41) is 3.39. The maximum Gasteiger partial charge on any atom is 0.253 e. The Kier molecular flexibility index (Phi) is 5.08. The predicted molar refractivity (Wildman–Crippen MR) is 87.7 cm³/mol. The number of carbonyl (C=O) groups excluding carboxylic acids is 1. The van der Waals surface area contributed by atoms with Gasteiger partial charge in [0.25, 0.3) is 5.91 Å². The SMILES string of the molecule is CN(CCC1CNNC1)C(=O)c1cccc(C2CCNC2)c1. The van der Waals surface area contributed by atoms with Crippen LogP contribution in [0.5, 0.6) is 0 Å². The van der Waals surface area contributed by atoms with E-state index in [4.69, 9.17) is 0 Å². The van der Waals surface area contributed by atoms with Gasteiger partial charge < -0.3 is 10.2 Å². The van der Waals surface area contributed by atoms with E-state index in [0.717, 1.165) is 51.1 Å². The van der Waals surface area contributed by atoms with Crippen molar-refractivity contribution < 1.29 is 4.79 Å². The highest BCUT2D eigenvalue weighted by atomic mass is 16.2. The minimum Gasteiger partial charge on any atom is -0.342 e. The fraction of sp³-hybridized carbons (Fsp3) is 0.588. The molecule has 0 saturated carbocycles. The number of nitrogens with one attached hydrogen (secondary N) is 3. The third kappa shape index (κ3) is 3.66. The number of amides is 1. The second-order valence-corrected chi connectivity index (χ2v) is 6.46. The Bertz CT molecular complexity index is 507. The van der Waals surface area contributed by atoms with Crippen molar-refractivity contribution >= 4 is 5.91 Å². The molecule has 3 rings (SSSR count). The van der Waals surface area contributed by atoms with E-state index in [1.807, 2.05) is 24.1 Å². The van der Waals surface area contributed by atoms with Gasteiger partial charge in [-0.25, -0.2) is 0 Å². The normalized spacial score (nSPS) is 22.1. The molecule has 2 heterocycles. The van der Waals surface area contributed by atoms with Crippen LogP contribution in [0.1, 0.15) is 34.7 Å². The molecule has 1 aromatic rings. The highest BCUT2D eigenvalue weighted by molar-refractivity contribution is 5.94. The Labute approximate surface area is 132 Å². The summed E-state index contributed by atoms with van der Waals surface area (Å²) in [7, 11) is 1.90. The van der Waals surface area contributed by atoms with Gasteiger partial charge in [-0.2, -0.15) is 0 Å². The molecule has 22 heavy (non-hydrogen) atoms. The topological polar surface area (TPSA) is 56.4 Å². The first-order chi connectivity index (χ1) is 10.7. The molecule has 5 nitrogen and oxygen atoms in total. The minimum absolute atomic E-state index is 0.131. The first-order valence-electron chi connectivity index (χ1n) is 8.26. The molecule has 3 N–H and O–H groups in total. The van der Waals surface area contributed by atoms with Crippen molar-refractivity contribution in [1.82, 2.24) is 21.1 Å². The van der Waals surface area contributed by atoms with Crippen molar-refractivity contribution in [3.8, 4) is 0 Å². The lowest BCUT2D eigenvalue weighted by Crippen LogP contribution is -2.29. The number of hydrogen-bond donors (Lipinski definition) is 3. The smallest absolute Gasteiger partial charge is 0.253 e. The zero-order chi connectivity index (χ0) is 15.4. The van der Waals surface area contributed by atoms with Gasteiger partial charge >= 0.3 is 0 Å². The number of nitrogens with zero attached hydrogens (tertiary/aromatic N) is 1. The Balaban J connectivity index is 1.59. The van der Waals surface area contributed by atoms with Gasteiger partial charge in [0, 0.05) is 38.8 Å². The van der Waals surface area contributed by atoms with Crippen LogP contribution >= 0.6 is 0 Å². The Morgan fingerprint density at radius 3 is 2.82 bits per heavy atom. The van der Waals surface area contributed by atoms with Crippen molar-refractivity contribution in [2.45, 2.75) is 18.8 Å². The van der Waals surface area contributed by atoms with Crippen LogP contribution in [0.25, 0.3) is 0 Å². The van der Waals surface area contributed by atoms with Gasteiger partial charge in [0.15, 0.2) is 0 Å². The lowest BCUT2D eigenvalue weighted by Gasteiger charge is -2.20. The van der Waals surface area contributed by atoms with Crippen molar-refractivity contribution in [1.29, 1.82) is 0 Å². The summed E-state index contributed by atoms with van der Waals surface area (Å²) in [5.74, 6) is 1.30. The molecule has 2 aliphatic rings. The molecule has 5 heteroatoms. The van der Waals surface area contributed by atoms with Crippen molar-refractivity contribution in [3.63, 3.8) is 0 Å². The maximum atomic E-state index is 12.6. The van der Waals surface area contributed by atoms with Gasteiger partial charge in [-0.1, -0.05) is 12.1 Å². The number of hydrogen-bond acceptors (Lipinski definition) is 4. The van der Waals surface area contributed by atoms with Gasteiger partial charge in [-0.15, -0.1) is 0 Å². The van der Waals surface area contributed by atoms with E-state index in [1.54, 1.807) is 0 Å². The number of benzene rings is 1. The summed E-state index contributed by atoms with van der Waals surface area (Å²) < 4.78 is 0. The van der Waals surface area contributed by atoms with Crippen molar-refractivity contribution in [3.05, 3.63) is 35.4 Å². The molecule has 1 atom stereocenters. The van der Waals surface area contributed by atoms with E-state index in [-0.39, 0.29) is 5.91 Å². The maximum absolute atomic E-state index is 12.6. The van der Waals surface area contributed by atoms with E-state index in [9.17, 15) is 4.79 Å². The van der Waals surface area contributed by atoms with Gasteiger partial charge in [0.1, 0.15) is 0 Å². The molecule has 1 unspecified atom stereocenters. The van der Waals surface area contributed by atoms with Gasteiger partial charge in [0.05, 0.1) is 0 Å². The van der Waals surface area contributed by atoms with Gasteiger partial charge in [-0.05, 0) is 48.9 Å². The second kappa shape index (κ2) is 7.22. The van der Waals surface area contributed by atoms with Crippen LogP contribution in [-0.4, -0.2) is 50.6 Å². The van der Waals surface area contributed by atoms with Gasteiger partial charge in [0.2, 0.25) is 0 Å². The molecule has 120 valence electrons. The number of rotatable bonds is 5. The molecule has 1 aromatic carbocycles. The predicted octanol–water partition coefficient (Wildman–Crippen LogP) is 0.950. The van der Waals surface area contributed by atoms with Crippen LogP contribution in [0, 0.1) is 5.92 Å². The first kappa shape index (κ1) is 15.5. The van der Waals surface area contributed by atoms with E-state index in [2.05, 4.69) is 28.3 Å². The molecular weight excluding hydrogens is 276 g/mol. The third-order valence-electron chi connectivity index (χ3n) is 4.79.